The summed E-state index contributed by atoms with van der Waals surface area (Å²) < 4.78 is 40.1. The summed E-state index contributed by atoms with van der Waals surface area (Å²) in [5, 5.41) is 0.400. The molecule has 3 aromatic carbocycles. The number of anilines is 3. The van der Waals surface area contributed by atoms with Gasteiger partial charge in [0.25, 0.3) is 0 Å². The van der Waals surface area contributed by atoms with Gasteiger partial charge in [-0.15, -0.1) is 0 Å². The van der Waals surface area contributed by atoms with Crippen LogP contribution in [-0.2, 0) is 0 Å². The molecule has 26 heavy (non-hydrogen) atoms. The second-order valence-corrected chi connectivity index (χ2v) is 5.83. The first-order valence-electron chi connectivity index (χ1n) is 7.77. The van der Waals surface area contributed by atoms with Gasteiger partial charge in [0, 0.05) is 5.02 Å². The fraction of sp³-hybridized carbons (Fsp3) is 0.100. The predicted octanol–water partition coefficient (Wildman–Crippen LogP) is 6.11. The number of ether oxygens (including phenoxy) is 2. The van der Waals surface area contributed by atoms with Crippen LogP contribution in [0.25, 0.3) is 0 Å². The molecule has 3 rings (SSSR count). The molecule has 0 saturated carbocycles. The monoisotopic (exact) mass is 375 g/mol. The van der Waals surface area contributed by atoms with Crippen molar-refractivity contribution in [2.24, 2.45) is 0 Å². The van der Waals surface area contributed by atoms with E-state index in [2.05, 4.69) is 0 Å². The van der Waals surface area contributed by atoms with Gasteiger partial charge in [-0.3, -0.25) is 4.90 Å². The maximum atomic E-state index is 14.6. The molecule has 3 aromatic rings. The lowest BCUT2D eigenvalue weighted by Crippen LogP contribution is -2.15. The topological polar surface area (TPSA) is 21.7 Å². The maximum Gasteiger partial charge on any atom is 0.150 e. The van der Waals surface area contributed by atoms with Gasteiger partial charge in [-0.1, -0.05) is 29.8 Å². The van der Waals surface area contributed by atoms with Crippen LogP contribution < -0.4 is 14.4 Å². The lowest BCUT2D eigenvalue weighted by Gasteiger charge is -2.28. The van der Waals surface area contributed by atoms with Crippen molar-refractivity contribution in [3.05, 3.63) is 77.3 Å². The molecule has 0 atom stereocenters. The largest absolute Gasteiger partial charge is 0.495 e. The highest BCUT2D eigenvalue weighted by Gasteiger charge is 2.25. The van der Waals surface area contributed by atoms with Gasteiger partial charge >= 0.3 is 0 Å². The molecule has 0 aromatic heterocycles. The van der Waals surface area contributed by atoms with Gasteiger partial charge < -0.3 is 9.47 Å². The number of hydrogen-bond donors (Lipinski definition) is 0. The van der Waals surface area contributed by atoms with Crippen LogP contribution >= 0.6 is 11.6 Å². The Kier molecular flexibility index (Phi) is 5.28. The van der Waals surface area contributed by atoms with Gasteiger partial charge in [0.2, 0.25) is 0 Å². The SMILES string of the molecule is COc1ccccc1N(c1cc(Cl)ccc1OC)c1c(F)cccc1F. The Bertz CT molecular complexity index is 913. The fourth-order valence-electron chi connectivity index (χ4n) is 2.73. The third-order valence-corrected chi connectivity index (χ3v) is 4.10. The molecule has 0 aliphatic rings. The molecule has 0 radical (unpaired) electrons. The summed E-state index contributed by atoms with van der Waals surface area (Å²) in [5.41, 5.74) is 0.575. The molecule has 0 saturated heterocycles. The van der Waals surface area contributed by atoms with E-state index in [1.807, 2.05) is 0 Å². The van der Waals surface area contributed by atoms with Crippen molar-refractivity contribution >= 4 is 28.7 Å². The summed E-state index contributed by atoms with van der Waals surface area (Å²) in [6.45, 7) is 0. The van der Waals surface area contributed by atoms with Gasteiger partial charge in [-0.05, 0) is 42.5 Å². The van der Waals surface area contributed by atoms with Crippen molar-refractivity contribution in [3.63, 3.8) is 0 Å². The number of benzene rings is 3. The van der Waals surface area contributed by atoms with Crippen LogP contribution in [0, 0.1) is 11.6 Å². The van der Waals surface area contributed by atoms with Crippen molar-refractivity contribution in [1.82, 2.24) is 0 Å². The summed E-state index contributed by atoms with van der Waals surface area (Å²) in [4.78, 5) is 1.40. The molecule has 0 aliphatic heterocycles. The van der Waals surface area contributed by atoms with Crippen molar-refractivity contribution < 1.29 is 18.3 Å². The molecule has 0 N–H and O–H groups in total. The third-order valence-electron chi connectivity index (χ3n) is 3.87. The van der Waals surface area contributed by atoms with E-state index < -0.39 is 11.6 Å². The highest BCUT2D eigenvalue weighted by atomic mass is 35.5. The summed E-state index contributed by atoms with van der Waals surface area (Å²) >= 11 is 6.15. The molecule has 134 valence electrons. The molecule has 6 heteroatoms. The van der Waals surface area contributed by atoms with Crippen LogP contribution in [0.3, 0.4) is 0 Å². The quantitative estimate of drug-likeness (QED) is 0.537. The van der Waals surface area contributed by atoms with Gasteiger partial charge in [0.05, 0.1) is 25.6 Å². The van der Waals surface area contributed by atoms with E-state index in [-0.39, 0.29) is 5.69 Å². The average Bonchev–Trinajstić information content (AvgIpc) is 2.65. The van der Waals surface area contributed by atoms with Gasteiger partial charge in [-0.2, -0.15) is 0 Å². The minimum Gasteiger partial charge on any atom is -0.495 e. The fourth-order valence-corrected chi connectivity index (χ4v) is 2.89. The summed E-state index contributed by atoms with van der Waals surface area (Å²) in [5.74, 6) is -0.601. The molecule has 0 unspecified atom stereocenters. The van der Waals surface area contributed by atoms with E-state index >= 15 is 0 Å². The lowest BCUT2D eigenvalue weighted by molar-refractivity contribution is 0.412. The smallest absolute Gasteiger partial charge is 0.150 e. The summed E-state index contributed by atoms with van der Waals surface area (Å²) in [7, 11) is 2.97. The molecule has 3 nitrogen and oxygen atoms in total. The van der Waals surface area contributed by atoms with Crippen LogP contribution in [0.4, 0.5) is 25.8 Å². The minimum absolute atomic E-state index is 0.252. The van der Waals surface area contributed by atoms with E-state index in [1.54, 1.807) is 42.5 Å². The van der Waals surface area contributed by atoms with Crippen LogP contribution in [0.2, 0.25) is 5.02 Å². The Morgan fingerprint density at radius 2 is 1.38 bits per heavy atom. The molecule has 0 aliphatic carbocycles. The highest BCUT2D eigenvalue weighted by Crippen LogP contribution is 2.46. The Hall–Kier alpha value is -2.79. The molecule has 0 bridgehead atoms. The molecule has 0 heterocycles. The van der Waals surface area contributed by atoms with Crippen LogP contribution in [-0.4, -0.2) is 14.2 Å². The van der Waals surface area contributed by atoms with E-state index in [1.165, 1.54) is 37.3 Å². The van der Waals surface area contributed by atoms with Crippen LogP contribution in [0.5, 0.6) is 11.5 Å². The van der Waals surface area contributed by atoms with Crippen molar-refractivity contribution in [1.29, 1.82) is 0 Å². The second kappa shape index (κ2) is 7.62. The average molecular weight is 376 g/mol. The van der Waals surface area contributed by atoms with Gasteiger partial charge in [0.1, 0.15) is 28.8 Å². The second-order valence-electron chi connectivity index (χ2n) is 5.39. The first-order valence-corrected chi connectivity index (χ1v) is 8.15. The molecule has 0 fully saturated rings. The summed E-state index contributed by atoms with van der Waals surface area (Å²) in [6.07, 6.45) is 0. The zero-order chi connectivity index (χ0) is 18.7. The van der Waals surface area contributed by atoms with Gasteiger partial charge in [-0.25, -0.2) is 8.78 Å². The standard InChI is InChI=1S/C20H16ClF2NO2/c1-25-18-9-4-3-8-16(18)24(20-14(22)6-5-7-15(20)23)17-12-13(21)10-11-19(17)26-2/h3-12H,1-2H3. The van der Waals surface area contributed by atoms with Crippen molar-refractivity contribution in [2.75, 3.05) is 19.1 Å². The Balaban J connectivity index is 2.36. The molecule has 0 amide bonds. The molecular formula is C20H16ClF2NO2. The number of halogens is 3. The Morgan fingerprint density at radius 3 is 2.04 bits per heavy atom. The Morgan fingerprint density at radius 1 is 0.769 bits per heavy atom. The number of methoxy groups -OCH3 is 2. The highest BCUT2D eigenvalue weighted by molar-refractivity contribution is 6.31. The first kappa shape index (κ1) is 18.0. The minimum atomic E-state index is -0.724. The van der Waals surface area contributed by atoms with Gasteiger partial charge in [0.15, 0.2) is 0 Å². The lowest BCUT2D eigenvalue weighted by atomic mass is 10.1. The maximum absolute atomic E-state index is 14.6. The third kappa shape index (κ3) is 3.30. The zero-order valence-electron chi connectivity index (χ0n) is 14.2. The number of rotatable bonds is 5. The molecular weight excluding hydrogens is 360 g/mol. The van der Waals surface area contributed by atoms with E-state index in [4.69, 9.17) is 21.1 Å². The van der Waals surface area contributed by atoms with Crippen molar-refractivity contribution in [3.8, 4) is 11.5 Å². The van der Waals surface area contributed by atoms with Crippen LogP contribution in [0.15, 0.2) is 60.7 Å². The van der Waals surface area contributed by atoms with Crippen LogP contribution in [0.1, 0.15) is 0 Å². The predicted molar refractivity (Wildman–Crippen MR) is 99.2 cm³/mol. The molecule has 0 spiro atoms. The number of hydrogen-bond acceptors (Lipinski definition) is 3. The van der Waals surface area contributed by atoms with E-state index in [0.29, 0.717) is 27.9 Å². The van der Waals surface area contributed by atoms with E-state index in [9.17, 15) is 8.78 Å². The first-order chi connectivity index (χ1) is 12.6. The summed E-state index contributed by atoms with van der Waals surface area (Å²) in [6, 6.07) is 15.5. The number of para-hydroxylation sites is 3. The van der Waals surface area contributed by atoms with Crippen molar-refractivity contribution in [2.45, 2.75) is 0 Å². The number of nitrogens with zero attached hydrogens (tertiary/aromatic N) is 1. The normalized spacial score (nSPS) is 10.5. The zero-order valence-corrected chi connectivity index (χ0v) is 14.9. The van der Waals surface area contributed by atoms with E-state index in [0.717, 1.165) is 0 Å². The Labute approximate surface area is 155 Å².